The van der Waals surface area contributed by atoms with E-state index in [9.17, 15) is 27.6 Å². The van der Waals surface area contributed by atoms with Crippen LogP contribution < -0.4 is 5.32 Å². The molecule has 0 saturated carbocycles. The van der Waals surface area contributed by atoms with Crippen LogP contribution in [-0.2, 0) is 17.5 Å². The summed E-state index contributed by atoms with van der Waals surface area (Å²) in [7, 11) is 0. The van der Waals surface area contributed by atoms with Crippen molar-refractivity contribution in [2.75, 3.05) is 18.4 Å². The monoisotopic (exact) mass is 685 g/mol. The van der Waals surface area contributed by atoms with Crippen LogP contribution in [0.5, 0.6) is 0 Å². The van der Waals surface area contributed by atoms with Gasteiger partial charge in [0.05, 0.1) is 8.60 Å². The van der Waals surface area contributed by atoms with Gasteiger partial charge in [-0.3, -0.25) is 4.79 Å². The average molecular weight is 686 g/mol. The van der Waals surface area contributed by atoms with Crippen LogP contribution in [0.4, 0.5) is 23.2 Å². The third-order valence-corrected chi connectivity index (χ3v) is 7.46. The third-order valence-electron chi connectivity index (χ3n) is 7.04. The van der Waals surface area contributed by atoms with Crippen molar-refractivity contribution in [3.63, 3.8) is 0 Å². The van der Waals surface area contributed by atoms with Gasteiger partial charge in [0.15, 0.2) is 0 Å². The lowest BCUT2D eigenvalue weighted by Gasteiger charge is -2.37. The molecule has 40 heavy (non-hydrogen) atoms. The molecule has 0 atom stereocenters. The maximum Gasteiger partial charge on any atom is 0.416 e. The van der Waals surface area contributed by atoms with Crippen molar-refractivity contribution in [2.24, 2.45) is 0 Å². The van der Waals surface area contributed by atoms with Gasteiger partial charge in [-0.15, -0.1) is 0 Å². The van der Waals surface area contributed by atoms with Crippen LogP contribution in [0.3, 0.4) is 0 Å². The molecule has 0 bridgehead atoms. The number of hydrogen-bond acceptors (Lipinski definition) is 2. The van der Waals surface area contributed by atoms with Crippen LogP contribution in [-0.4, -0.2) is 28.9 Å². The molecule has 3 aromatic carbocycles. The number of alkyl halides is 3. The van der Waals surface area contributed by atoms with Crippen molar-refractivity contribution in [1.29, 1.82) is 0 Å². The minimum absolute atomic E-state index is 0.0744. The van der Waals surface area contributed by atoms with Gasteiger partial charge in [-0.25, -0.2) is 9.60 Å². The van der Waals surface area contributed by atoms with Gasteiger partial charge >= 0.3 is 6.18 Å². The van der Waals surface area contributed by atoms with Crippen molar-refractivity contribution in [3.05, 3.63) is 111 Å². The average Bonchev–Trinajstić information content (AvgIpc) is 2.89. The topological polar surface area (TPSA) is 49.3 Å². The molecule has 1 amide bonds. The second-order valence-electron chi connectivity index (χ2n) is 9.89. The fraction of sp³-hybridized carbons (Fsp3) is 0.233. The predicted octanol–water partition coefficient (Wildman–Crippen LogP) is 8.81. The van der Waals surface area contributed by atoms with Crippen molar-refractivity contribution in [2.45, 2.75) is 31.5 Å². The summed E-state index contributed by atoms with van der Waals surface area (Å²) in [5.74, 6) is -1.17. The standard InChI is InChI=1S/C30H26ClF4IN2O2/c1-19(16-28(31)36)29(39)37-27-11-8-24(30(33,34)35)17-26(27)23-12-14-38(40,15-13-23)18-20-2-4-21(5-3-20)22-6-9-25(32)10-7-22/h2-11,16-17,23,40H,1,12-15,18H2/p+1/b28-16-. The normalized spacial score (nSPS) is 19.8. The highest BCUT2D eigenvalue weighted by Gasteiger charge is 2.37. The molecule has 3 aromatic rings. The Kier molecular flexibility index (Phi) is 9.39. The fourth-order valence-electron chi connectivity index (χ4n) is 4.89. The van der Waals surface area contributed by atoms with Crippen LogP contribution in [0.15, 0.2) is 88.0 Å². The molecule has 1 fully saturated rings. The lowest BCUT2D eigenvalue weighted by Crippen LogP contribution is -2.49. The Labute approximate surface area is 248 Å². The van der Waals surface area contributed by atoms with E-state index in [0.29, 0.717) is 41.1 Å². The van der Waals surface area contributed by atoms with E-state index in [1.165, 1.54) is 24.3 Å². The molecular weight excluding hydrogens is 659 g/mol. The number of nitrogens with zero attached hydrogens (tertiary/aromatic N) is 1. The molecule has 1 aliphatic rings. The van der Waals surface area contributed by atoms with Gasteiger partial charge in [-0.1, -0.05) is 54.6 Å². The number of benzene rings is 3. The summed E-state index contributed by atoms with van der Waals surface area (Å²) >= 11 is 7.63. The van der Waals surface area contributed by atoms with E-state index in [1.54, 1.807) is 12.1 Å². The summed E-state index contributed by atoms with van der Waals surface area (Å²) in [6.45, 7) is 4.66. The lowest BCUT2D eigenvalue weighted by atomic mass is 9.86. The van der Waals surface area contributed by atoms with Gasteiger partial charge in [-0.05, 0) is 81.6 Å². The van der Waals surface area contributed by atoms with E-state index in [2.05, 4.69) is 11.9 Å². The lowest BCUT2D eigenvalue weighted by molar-refractivity contribution is -1.12. The van der Waals surface area contributed by atoms with E-state index in [4.69, 9.17) is 11.6 Å². The van der Waals surface area contributed by atoms with Gasteiger partial charge in [0.1, 0.15) is 25.5 Å². The Morgan fingerprint density at radius 1 is 1.05 bits per heavy atom. The number of anilines is 1. The van der Waals surface area contributed by atoms with Gasteiger partial charge in [0.2, 0.25) is 0 Å². The maximum absolute atomic E-state index is 13.5. The van der Waals surface area contributed by atoms with Crippen LogP contribution in [0.1, 0.15) is 35.4 Å². The molecule has 210 valence electrons. The summed E-state index contributed by atoms with van der Waals surface area (Å²) in [6.07, 6.45) is -2.32. The Bertz CT molecular complexity index is 1410. The van der Waals surface area contributed by atoms with E-state index < -0.39 is 17.6 Å². The summed E-state index contributed by atoms with van der Waals surface area (Å²) in [5, 5.41) is 13.9. The maximum atomic E-state index is 13.5. The molecule has 1 aliphatic heterocycles. The first kappa shape index (κ1) is 30.2. The summed E-state index contributed by atoms with van der Waals surface area (Å²) < 4.78 is 53.9. The highest BCUT2D eigenvalue weighted by atomic mass is 127. The number of piperidine rings is 1. The number of hydroxylamine groups is 3. The van der Waals surface area contributed by atoms with Gasteiger partial charge < -0.3 is 5.32 Å². The van der Waals surface area contributed by atoms with E-state index in [1.807, 2.05) is 46.9 Å². The Morgan fingerprint density at radius 3 is 2.17 bits per heavy atom. The van der Waals surface area contributed by atoms with E-state index in [0.717, 1.165) is 28.8 Å². The van der Waals surface area contributed by atoms with Crippen molar-refractivity contribution in [1.82, 2.24) is 0 Å². The fourth-order valence-corrected chi connectivity index (χ4v) is 5.40. The molecule has 0 unspecified atom stereocenters. The molecule has 1 heterocycles. The number of carbonyl (C=O) groups is 1. The van der Waals surface area contributed by atoms with Gasteiger partial charge in [0, 0.05) is 29.7 Å². The molecule has 10 heteroatoms. The second kappa shape index (κ2) is 12.4. The molecule has 0 spiro atoms. The first-order valence-electron chi connectivity index (χ1n) is 12.5. The SMILES string of the molecule is C=C(/C=C(/Cl)I)C(=O)Nc1ccc(C(F)(F)F)cc1C1CC[N+](O)(Cc2ccc(-c3ccc(F)cc3)cc2)CC1. The molecular formula is C30H27ClF4IN2O2+. The molecule has 2 N–H and O–H groups in total. The number of quaternary nitrogens is 1. The minimum atomic E-state index is -4.54. The van der Waals surface area contributed by atoms with E-state index >= 15 is 0 Å². The highest BCUT2D eigenvalue weighted by Crippen LogP contribution is 2.39. The zero-order valence-electron chi connectivity index (χ0n) is 21.3. The number of amides is 1. The zero-order valence-corrected chi connectivity index (χ0v) is 24.2. The van der Waals surface area contributed by atoms with Crippen LogP contribution in [0.25, 0.3) is 11.1 Å². The Morgan fingerprint density at radius 2 is 1.62 bits per heavy atom. The molecule has 4 rings (SSSR count). The molecule has 0 aliphatic carbocycles. The number of carbonyl (C=O) groups excluding carboxylic acids is 1. The largest absolute Gasteiger partial charge is 0.416 e. The molecule has 1 saturated heterocycles. The summed E-state index contributed by atoms with van der Waals surface area (Å²) in [5.41, 5.74) is 2.62. The number of likely N-dealkylation sites (tertiary alicyclic amines) is 1. The zero-order chi connectivity index (χ0) is 29.1. The van der Waals surface area contributed by atoms with Gasteiger partial charge in [0.25, 0.3) is 5.91 Å². The van der Waals surface area contributed by atoms with Crippen LogP contribution in [0, 0.1) is 5.82 Å². The number of halogens is 6. The highest BCUT2D eigenvalue weighted by molar-refractivity contribution is 14.1. The molecule has 0 aromatic heterocycles. The smallest absolute Gasteiger partial charge is 0.322 e. The first-order valence-corrected chi connectivity index (χ1v) is 14.0. The Balaban J connectivity index is 1.48. The van der Waals surface area contributed by atoms with Gasteiger partial charge in [-0.2, -0.15) is 17.8 Å². The predicted molar refractivity (Wildman–Crippen MR) is 156 cm³/mol. The number of hydrogen-bond donors (Lipinski definition) is 2. The Hall–Kier alpha value is -2.73. The van der Waals surface area contributed by atoms with Crippen molar-refractivity contribution < 1.29 is 32.2 Å². The first-order chi connectivity index (χ1) is 18.8. The van der Waals surface area contributed by atoms with Crippen molar-refractivity contribution in [3.8, 4) is 11.1 Å². The minimum Gasteiger partial charge on any atom is -0.322 e. The van der Waals surface area contributed by atoms with Crippen LogP contribution >= 0.6 is 34.2 Å². The summed E-state index contributed by atoms with van der Waals surface area (Å²) in [6, 6.07) is 17.1. The van der Waals surface area contributed by atoms with Crippen LogP contribution in [0.2, 0.25) is 0 Å². The number of rotatable bonds is 7. The molecule has 4 nitrogen and oxygen atoms in total. The number of nitrogens with one attached hydrogen (secondary N) is 1. The summed E-state index contributed by atoms with van der Waals surface area (Å²) in [4.78, 5) is 12.6. The van der Waals surface area contributed by atoms with E-state index in [-0.39, 0.29) is 27.6 Å². The van der Waals surface area contributed by atoms with Crippen molar-refractivity contribution >= 4 is 45.8 Å². The molecule has 0 radical (unpaired) electrons. The quantitative estimate of drug-likeness (QED) is 0.0859. The second-order valence-corrected chi connectivity index (χ2v) is 12.1. The third kappa shape index (κ3) is 7.72.